The molecule has 3 rings (SSSR count). The maximum absolute atomic E-state index is 12.3. The largest absolute Gasteiger partial charge is 0.496 e. The summed E-state index contributed by atoms with van der Waals surface area (Å²) >= 11 is 0. The van der Waals surface area contributed by atoms with Gasteiger partial charge < -0.3 is 14.4 Å². The summed E-state index contributed by atoms with van der Waals surface area (Å²) in [6.07, 6.45) is 3.73. The van der Waals surface area contributed by atoms with Crippen LogP contribution >= 0.6 is 0 Å². The van der Waals surface area contributed by atoms with Crippen LogP contribution in [0.15, 0.2) is 54.6 Å². The van der Waals surface area contributed by atoms with Crippen LogP contribution in [0.4, 0.5) is 5.69 Å². The van der Waals surface area contributed by atoms with Gasteiger partial charge in [-0.25, -0.2) is 4.79 Å². The minimum Gasteiger partial charge on any atom is -0.496 e. The fourth-order valence-corrected chi connectivity index (χ4v) is 2.82. The highest BCUT2D eigenvalue weighted by Gasteiger charge is 2.24. The van der Waals surface area contributed by atoms with Crippen molar-refractivity contribution in [2.45, 2.75) is 6.42 Å². The average Bonchev–Trinajstić information content (AvgIpc) is 3.09. The molecule has 0 saturated heterocycles. The van der Waals surface area contributed by atoms with E-state index in [1.54, 1.807) is 24.2 Å². The zero-order chi connectivity index (χ0) is 17.6. The monoisotopic (exact) mass is 337 g/mol. The summed E-state index contributed by atoms with van der Waals surface area (Å²) in [7, 11) is 1.57. The quantitative estimate of drug-likeness (QED) is 0.622. The van der Waals surface area contributed by atoms with E-state index in [0.717, 1.165) is 23.2 Å². The standard InChI is InChI=1S/C20H19NO4/c1-24-18-9-5-3-7-16(18)10-11-20(23)25-14-19(22)21-13-12-15-6-2-4-8-17(15)21/h2-11H,12-14H2,1H3/b11-10+. The van der Waals surface area contributed by atoms with Crippen LogP contribution in [-0.2, 0) is 20.7 Å². The van der Waals surface area contributed by atoms with Gasteiger partial charge >= 0.3 is 5.97 Å². The Kier molecular flexibility index (Phi) is 5.14. The van der Waals surface area contributed by atoms with Crippen LogP contribution in [0.5, 0.6) is 5.75 Å². The van der Waals surface area contributed by atoms with Crippen molar-refractivity contribution in [1.29, 1.82) is 0 Å². The van der Waals surface area contributed by atoms with Crippen molar-refractivity contribution < 1.29 is 19.1 Å². The molecule has 0 atom stereocenters. The summed E-state index contributed by atoms with van der Waals surface area (Å²) in [5.74, 6) is -0.118. The molecule has 0 aliphatic carbocycles. The Labute approximate surface area is 146 Å². The minimum absolute atomic E-state index is 0.219. The fraction of sp³-hybridized carbons (Fsp3) is 0.200. The van der Waals surface area contributed by atoms with Crippen LogP contribution in [0.25, 0.3) is 6.08 Å². The topological polar surface area (TPSA) is 55.8 Å². The minimum atomic E-state index is -0.563. The third-order valence-electron chi connectivity index (χ3n) is 4.06. The molecular formula is C20H19NO4. The van der Waals surface area contributed by atoms with Gasteiger partial charge in [-0.1, -0.05) is 36.4 Å². The molecule has 2 aromatic carbocycles. The number of anilines is 1. The van der Waals surface area contributed by atoms with Crippen molar-refractivity contribution in [3.05, 3.63) is 65.7 Å². The highest BCUT2D eigenvalue weighted by atomic mass is 16.5. The third-order valence-corrected chi connectivity index (χ3v) is 4.06. The Morgan fingerprint density at radius 3 is 2.72 bits per heavy atom. The Hall–Kier alpha value is -3.08. The van der Waals surface area contributed by atoms with Gasteiger partial charge in [-0.3, -0.25) is 4.79 Å². The molecule has 0 aromatic heterocycles. The number of hydrogen-bond acceptors (Lipinski definition) is 4. The van der Waals surface area contributed by atoms with Crippen LogP contribution in [0.3, 0.4) is 0 Å². The molecule has 1 aliphatic heterocycles. The van der Waals surface area contributed by atoms with Gasteiger partial charge in [0.15, 0.2) is 6.61 Å². The molecule has 5 heteroatoms. The normalized spacial score (nSPS) is 12.9. The number of para-hydroxylation sites is 2. The zero-order valence-electron chi connectivity index (χ0n) is 14.0. The summed E-state index contributed by atoms with van der Waals surface area (Å²) in [4.78, 5) is 25.8. The predicted octanol–water partition coefficient (Wildman–Crippen LogP) is 2.84. The molecule has 1 heterocycles. The summed E-state index contributed by atoms with van der Waals surface area (Å²) in [5, 5.41) is 0. The number of esters is 1. The van der Waals surface area contributed by atoms with Crippen molar-refractivity contribution in [3.8, 4) is 5.75 Å². The molecule has 25 heavy (non-hydrogen) atoms. The van der Waals surface area contributed by atoms with E-state index in [4.69, 9.17) is 9.47 Å². The van der Waals surface area contributed by atoms with Gasteiger partial charge in [-0.2, -0.15) is 0 Å². The van der Waals surface area contributed by atoms with Gasteiger partial charge in [0.05, 0.1) is 7.11 Å². The van der Waals surface area contributed by atoms with Crippen LogP contribution in [0.1, 0.15) is 11.1 Å². The van der Waals surface area contributed by atoms with Crippen molar-refractivity contribution in [2.24, 2.45) is 0 Å². The van der Waals surface area contributed by atoms with Gasteiger partial charge in [-0.05, 0) is 30.2 Å². The molecule has 0 spiro atoms. The lowest BCUT2D eigenvalue weighted by molar-refractivity contribution is -0.142. The Morgan fingerprint density at radius 2 is 1.88 bits per heavy atom. The van der Waals surface area contributed by atoms with E-state index in [1.807, 2.05) is 42.5 Å². The second kappa shape index (κ2) is 7.66. The van der Waals surface area contributed by atoms with Gasteiger partial charge in [0, 0.05) is 23.9 Å². The molecule has 1 amide bonds. The van der Waals surface area contributed by atoms with Crippen LogP contribution in [0, 0.1) is 0 Å². The molecule has 0 saturated carbocycles. The van der Waals surface area contributed by atoms with E-state index in [2.05, 4.69) is 0 Å². The highest BCUT2D eigenvalue weighted by Crippen LogP contribution is 2.27. The second-order valence-electron chi connectivity index (χ2n) is 5.61. The second-order valence-corrected chi connectivity index (χ2v) is 5.61. The Morgan fingerprint density at radius 1 is 1.12 bits per heavy atom. The number of amides is 1. The van der Waals surface area contributed by atoms with Crippen LogP contribution in [-0.4, -0.2) is 32.1 Å². The molecule has 0 bridgehead atoms. The van der Waals surface area contributed by atoms with Gasteiger partial charge in [-0.15, -0.1) is 0 Å². The summed E-state index contributed by atoms with van der Waals surface area (Å²) < 4.78 is 10.3. The molecule has 0 unspecified atom stereocenters. The molecule has 2 aromatic rings. The number of fused-ring (bicyclic) bond motifs is 1. The van der Waals surface area contributed by atoms with E-state index < -0.39 is 5.97 Å². The SMILES string of the molecule is COc1ccccc1/C=C/C(=O)OCC(=O)N1CCc2ccccc21. The fourth-order valence-electron chi connectivity index (χ4n) is 2.82. The predicted molar refractivity (Wildman–Crippen MR) is 95.5 cm³/mol. The van der Waals surface area contributed by atoms with E-state index in [9.17, 15) is 9.59 Å². The maximum Gasteiger partial charge on any atom is 0.331 e. The molecular weight excluding hydrogens is 318 g/mol. The van der Waals surface area contributed by atoms with Crippen LogP contribution < -0.4 is 9.64 Å². The van der Waals surface area contributed by atoms with E-state index in [-0.39, 0.29) is 12.5 Å². The maximum atomic E-state index is 12.3. The zero-order valence-corrected chi connectivity index (χ0v) is 14.0. The number of nitrogens with zero attached hydrogens (tertiary/aromatic N) is 1. The summed E-state index contributed by atoms with van der Waals surface area (Å²) in [6.45, 7) is 0.343. The number of carbonyl (C=O) groups excluding carboxylic acids is 2. The summed E-state index contributed by atoms with van der Waals surface area (Å²) in [6, 6.07) is 15.1. The molecule has 0 N–H and O–H groups in total. The molecule has 5 nitrogen and oxygen atoms in total. The molecule has 1 aliphatic rings. The molecule has 128 valence electrons. The van der Waals surface area contributed by atoms with Gasteiger partial charge in [0.25, 0.3) is 5.91 Å². The number of benzene rings is 2. The first kappa shape index (κ1) is 16.8. The number of carbonyl (C=O) groups is 2. The van der Waals surface area contributed by atoms with Gasteiger partial charge in [0.1, 0.15) is 5.75 Å². The lowest BCUT2D eigenvalue weighted by atomic mass is 10.2. The van der Waals surface area contributed by atoms with Crippen molar-refractivity contribution >= 4 is 23.6 Å². The number of rotatable bonds is 5. The number of hydrogen-bond donors (Lipinski definition) is 0. The average molecular weight is 337 g/mol. The first-order chi connectivity index (χ1) is 12.2. The first-order valence-electron chi connectivity index (χ1n) is 8.05. The number of ether oxygens (including phenoxy) is 2. The lowest BCUT2D eigenvalue weighted by Crippen LogP contribution is -2.33. The van der Waals surface area contributed by atoms with E-state index >= 15 is 0 Å². The van der Waals surface area contributed by atoms with Crippen molar-refractivity contribution in [3.63, 3.8) is 0 Å². The van der Waals surface area contributed by atoms with Crippen LogP contribution in [0.2, 0.25) is 0 Å². The molecule has 0 radical (unpaired) electrons. The Balaban J connectivity index is 1.56. The van der Waals surface area contributed by atoms with Crippen molar-refractivity contribution in [2.75, 3.05) is 25.2 Å². The first-order valence-corrected chi connectivity index (χ1v) is 8.05. The van der Waals surface area contributed by atoms with E-state index in [0.29, 0.717) is 12.3 Å². The Bertz CT molecular complexity index is 813. The molecule has 0 fully saturated rings. The lowest BCUT2D eigenvalue weighted by Gasteiger charge is -2.16. The third kappa shape index (κ3) is 3.88. The highest BCUT2D eigenvalue weighted by molar-refractivity contribution is 5.98. The van der Waals surface area contributed by atoms with Gasteiger partial charge in [0.2, 0.25) is 0 Å². The van der Waals surface area contributed by atoms with E-state index in [1.165, 1.54) is 6.08 Å². The van der Waals surface area contributed by atoms with Crippen molar-refractivity contribution in [1.82, 2.24) is 0 Å². The number of methoxy groups -OCH3 is 1. The smallest absolute Gasteiger partial charge is 0.331 e. The summed E-state index contributed by atoms with van der Waals surface area (Å²) in [5.41, 5.74) is 2.80.